The number of nitrogens with one attached hydrogen (secondary N) is 1. The lowest BCUT2D eigenvalue weighted by Crippen LogP contribution is -2.34. The number of aromatic nitrogens is 4. The number of fused-ring (bicyclic) bond motifs is 1. The molecule has 1 aromatic carbocycles. The van der Waals surface area contributed by atoms with Gasteiger partial charge in [0, 0.05) is 39.0 Å². The van der Waals surface area contributed by atoms with Crippen LogP contribution in [0.1, 0.15) is 28.9 Å². The molecule has 23 heavy (non-hydrogen) atoms. The van der Waals surface area contributed by atoms with Crippen LogP contribution >= 0.6 is 0 Å². The molecule has 1 amide bonds. The molecule has 0 bridgehead atoms. The topological polar surface area (TPSA) is 66.8 Å². The number of carbonyl (C=O) groups is 1. The lowest BCUT2D eigenvalue weighted by molar-refractivity contribution is 0.0750. The van der Waals surface area contributed by atoms with Gasteiger partial charge in [0.15, 0.2) is 5.82 Å². The Balaban J connectivity index is 1.72. The molecule has 0 aliphatic carbocycles. The van der Waals surface area contributed by atoms with E-state index in [1.807, 2.05) is 20.0 Å². The Morgan fingerprint density at radius 1 is 1.39 bits per heavy atom. The molecule has 0 saturated heterocycles. The summed E-state index contributed by atoms with van der Waals surface area (Å²) in [4.78, 5) is 26.3. The second-order valence-electron chi connectivity index (χ2n) is 5.70. The fourth-order valence-corrected chi connectivity index (χ4v) is 2.65. The molecule has 120 valence electrons. The van der Waals surface area contributed by atoms with Crippen LogP contribution in [0.15, 0.2) is 30.6 Å². The number of benzene rings is 1. The minimum absolute atomic E-state index is 0.0491. The first kappa shape index (κ1) is 15.3. The molecule has 0 aliphatic heterocycles. The predicted molar refractivity (Wildman–Crippen MR) is 89.3 cm³/mol. The van der Waals surface area contributed by atoms with Gasteiger partial charge in [-0.15, -0.1) is 0 Å². The molecule has 0 atom stereocenters. The maximum Gasteiger partial charge on any atom is 0.289 e. The summed E-state index contributed by atoms with van der Waals surface area (Å²) < 4.78 is 1.74. The summed E-state index contributed by atoms with van der Waals surface area (Å²) >= 11 is 0. The number of rotatable bonds is 5. The van der Waals surface area contributed by atoms with Gasteiger partial charge in [0.25, 0.3) is 5.91 Å². The average Bonchev–Trinajstić information content (AvgIpc) is 3.12. The van der Waals surface area contributed by atoms with E-state index in [0.717, 1.165) is 16.9 Å². The molecule has 0 radical (unpaired) electrons. The average molecular weight is 311 g/mol. The van der Waals surface area contributed by atoms with Gasteiger partial charge in [-0.05, 0) is 31.5 Å². The molecule has 1 N–H and O–H groups in total. The summed E-state index contributed by atoms with van der Waals surface area (Å²) in [6, 6.07) is 6.15. The van der Waals surface area contributed by atoms with Crippen molar-refractivity contribution >= 4 is 16.9 Å². The normalized spacial score (nSPS) is 11.1. The Kier molecular flexibility index (Phi) is 4.14. The minimum Gasteiger partial charge on any atom is -0.342 e. The van der Waals surface area contributed by atoms with E-state index in [1.54, 1.807) is 21.9 Å². The predicted octanol–water partition coefficient (Wildman–Crippen LogP) is 2.31. The van der Waals surface area contributed by atoms with Crippen LogP contribution in [0.4, 0.5) is 0 Å². The van der Waals surface area contributed by atoms with Crippen molar-refractivity contribution in [1.29, 1.82) is 0 Å². The van der Waals surface area contributed by atoms with Gasteiger partial charge in [-0.2, -0.15) is 0 Å². The first-order valence-corrected chi connectivity index (χ1v) is 7.80. The van der Waals surface area contributed by atoms with E-state index in [0.29, 0.717) is 25.3 Å². The van der Waals surface area contributed by atoms with Crippen LogP contribution in [-0.4, -0.2) is 43.4 Å². The molecule has 0 spiro atoms. The summed E-state index contributed by atoms with van der Waals surface area (Å²) in [5, 5.41) is 0. The Hall–Kier alpha value is -2.63. The SMILES string of the molecule is CCN(CCc1nc2ccc(C)cc2[nH]1)C(=O)c1nccn1C. The molecule has 2 heterocycles. The van der Waals surface area contributed by atoms with Crippen LogP contribution in [0, 0.1) is 6.92 Å². The monoisotopic (exact) mass is 311 g/mol. The van der Waals surface area contributed by atoms with Gasteiger partial charge in [0.1, 0.15) is 5.82 Å². The number of hydrogen-bond acceptors (Lipinski definition) is 3. The summed E-state index contributed by atoms with van der Waals surface area (Å²) in [6.45, 7) is 5.29. The number of likely N-dealkylation sites (N-methyl/N-ethyl adjacent to an activating group) is 1. The Morgan fingerprint density at radius 2 is 2.22 bits per heavy atom. The van der Waals surface area contributed by atoms with Crippen molar-refractivity contribution in [3.8, 4) is 0 Å². The number of carbonyl (C=O) groups excluding carboxylic acids is 1. The fourth-order valence-electron chi connectivity index (χ4n) is 2.65. The second-order valence-corrected chi connectivity index (χ2v) is 5.70. The number of imidazole rings is 2. The number of hydrogen-bond donors (Lipinski definition) is 1. The highest BCUT2D eigenvalue weighted by atomic mass is 16.2. The molecule has 0 fully saturated rings. The van der Waals surface area contributed by atoms with Gasteiger partial charge in [0.2, 0.25) is 0 Å². The molecule has 3 rings (SSSR count). The van der Waals surface area contributed by atoms with Gasteiger partial charge in [-0.1, -0.05) is 6.07 Å². The quantitative estimate of drug-likeness (QED) is 0.786. The molecule has 3 aromatic rings. The number of amides is 1. The summed E-state index contributed by atoms with van der Waals surface area (Å²) in [5.74, 6) is 1.32. The molecular formula is C17H21N5O. The number of nitrogens with zero attached hydrogens (tertiary/aromatic N) is 4. The van der Waals surface area contributed by atoms with E-state index < -0.39 is 0 Å². The smallest absolute Gasteiger partial charge is 0.289 e. The lowest BCUT2D eigenvalue weighted by Gasteiger charge is -2.19. The maximum atomic E-state index is 12.5. The Labute approximate surface area is 135 Å². The molecular weight excluding hydrogens is 290 g/mol. The van der Waals surface area contributed by atoms with Gasteiger partial charge in [-0.3, -0.25) is 4.79 Å². The summed E-state index contributed by atoms with van der Waals surface area (Å²) in [6.07, 6.45) is 4.11. The van der Waals surface area contributed by atoms with E-state index >= 15 is 0 Å². The third-order valence-corrected chi connectivity index (χ3v) is 3.99. The molecule has 6 nitrogen and oxygen atoms in total. The molecule has 0 saturated carbocycles. The Bertz CT molecular complexity index is 832. The van der Waals surface area contributed by atoms with Crippen LogP contribution in [0.25, 0.3) is 11.0 Å². The van der Waals surface area contributed by atoms with Crippen molar-refractivity contribution in [3.63, 3.8) is 0 Å². The zero-order valence-electron chi connectivity index (χ0n) is 13.7. The van der Waals surface area contributed by atoms with Crippen molar-refractivity contribution in [2.24, 2.45) is 7.05 Å². The highest BCUT2D eigenvalue weighted by molar-refractivity contribution is 5.90. The number of aromatic amines is 1. The minimum atomic E-state index is -0.0491. The number of H-pyrrole nitrogens is 1. The fraction of sp³-hybridized carbons (Fsp3) is 0.353. The van der Waals surface area contributed by atoms with Crippen molar-refractivity contribution < 1.29 is 4.79 Å². The molecule has 6 heteroatoms. The van der Waals surface area contributed by atoms with Gasteiger partial charge < -0.3 is 14.5 Å². The van der Waals surface area contributed by atoms with Crippen molar-refractivity contribution in [1.82, 2.24) is 24.4 Å². The Morgan fingerprint density at radius 3 is 2.91 bits per heavy atom. The molecule has 0 unspecified atom stereocenters. The third-order valence-electron chi connectivity index (χ3n) is 3.99. The molecule has 0 aliphatic rings. The third kappa shape index (κ3) is 3.11. The lowest BCUT2D eigenvalue weighted by atomic mass is 10.2. The summed E-state index contributed by atoms with van der Waals surface area (Å²) in [7, 11) is 1.83. The van der Waals surface area contributed by atoms with Crippen molar-refractivity contribution in [3.05, 3.63) is 47.8 Å². The maximum absolute atomic E-state index is 12.5. The zero-order valence-corrected chi connectivity index (χ0v) is 13.7. The highest BCUT2D eigenvalue weighted by Crippen LogP contribution is 2.14. The van der Waals surface area contributed by atoms with Gasteiger partial charge in [0.05, 0.1) is 11.0 Å². The van der Waals surface area contributed by atoms with Crippen LogP contribution in [-0.2, 0) is 13.5 Å². The van der Waals surface area contributed by atoms with E-state index in [2.05, 4.69) is 34.0 Å². The zero-order chi connectivity index (χ0) is 16.4. The first-order chi connectivity index (χ1) is 11.1. The van der Waals surface area contributed by atoms with Crippen LogP contribution < -0.4 is 0 Å². The summed E-state index contributed by atoms with van der Waals surface area (Å²) in [5.41, 5.74) is 3.20. The second kappa shape index (κ2) is 6.24. The van der Waals surface area contributed by atoms with Crippen LogP contribution in [0.5, 0.6) is 0 Å². The van der Waals surface area contributed by atoms with E-state index in [9.17, 15) is 4.79 Å². The first-order valence-electron chi connectivity index (χ1n) is 7.80. The number of aryl methyl sites for hydroxylation is 2. The standard InChI is InChI=1S/C17H21N5O/c1-4-22(17(23)16-18-8-10-21(16)3)9-7-15-19-13-6-5-12(2)11-14(13)20-15/h5-6,8,10-11H,4,7,9H2,1-3H3,(H,19,20). The van der Waals surface area contributed by atoms with Gasteiger partial charge >= 0.3 is 0 Å². The van der Waals surface area contributed by atoms with E-state index in [1.165, 1.54) is 5.56 Å². The highest BCUT2D eigenvalue weighted by Gasteiger charge is 2.18. The van der Waals surface area contributed by atoms with E-state index in [-0.39, 0.29) is 5.91 Å². The van der Waals surface area contributed by atoms with Crippen molar-refractivity contribution in [2.75, 3.05) is 13.1 Å². The van der Waals surface area contributed by atoms with E-state index in [4.69, 9.17) is 0 Å². The van der Waals surface area contributed by atoms with Crippen molar-refractivity contribution in [2.45, 2.75) is 20.3 Å². The van der Waals surface area contributed by atoms with Crippen LogP contribution in [0.2, 0.25) is 0 Å². The largest absolute Gasteiger partial charge is 0.342 e. The molecule has 2 aromatic heterocycles. The van der Waals surface area contributed by atoms with Crippen LogP contribution in [0.3, 0.4) is 0 Å². The van der Waals surface area contributed by atoms with Gasteiger partial charge in [-0.25, -0.2) is 9.97 Å².